The van der Waals surface area contributed by atoms with Crippen LogP contribution in [0.5, 0.6) is 0 Å². The molecule has 0 bridgehead atoms. The number of amides is 1. The Kier molecular flexibility index (Phi) is 6.76. The predicted molar refractivity (Wildman–Crippen MR) is 98.2 cm³/mol. The lowest BCUT2D eigenvalue weighted by Crippen LogP contribution is -2.14. The van der Waals surface area contributed by atoms with Crippen LogP contribution in [0.4, 0.5) is 18.9 Å². The van der Waals surface area contributed by atoms with E-state index in [0.717, 1.165) is 25.3 Å². The van der Waals surface area contributed by atoms with Gasteiger partial charge >= 0.3 is 18.1 Å². The molecular weight excluding hydrogens is 391 g/mol. The van der Waals surface area contributed by atoms with Crippen LogP contribution in [0.2, 0.25) is 0 Å². The summed E-state index contributed by atoms with van der Waals surface area (Å²) in [6.07, 6.45) is -2.32. The fourth-order valence-electron chi connectivity index (χ4n) is 2.35. The van der Waals surface area contributed by atoms with Crippen LogP contribution in [-0.2, 0) is 20.4 Å². The molecule has 0 fully saturated rings. The molecule has 0 aliphatic carbocycles. The zero-order valence-corrected chi connectivity index (χ0v) is 15.4. The minimum atomic E-state index is -4.50. The maximum absolute atomic E-state index is 12.8. The molecule has 2 aromatic rings. The first-order chi connectivity index (χ1) is 13.7. The maximum atomic E-state index is 12.8. The number of ether oxygens (including phenoxy) is 2. The Labute approximate surface area is 163 Å². The number of nitrogens with one attached hydrogen (secondary N) is 1. The third kappa shape index (κ3) is 5.68. The quantitative estimate of drug-likeness (QED) is 0.600. The molecule has 29 heavy (non-hydrogen) atoms. The van der Waals surface area contributed by atoms with E-state index in [1.165, 1.54) is 43.5 Å². The lowest BCUT2D eigenvalue weighted by Gasteiger charge is -2.10. The van der Waals surface area contributed by atoms with Crippen LogP contribution >= 0.6 is 0 Å². The van der Waals surface area contributed by atoms with Gasteiger partial charge in [0.05, 0.1) is 36.6 Å². The number of hydrogen-bond donors (Lipinski definition) is 1. The lowest BCUT2D eigenvalue weighted by atomic mass is 10.1. The van der Waals surface area contributed by atoms with Gasteiger partial charge in [0.1, 0.15) is 0 Å². The van der Waals surface area contributed by atoms with Crippen molar-refractivity contribution >= 4 is 29.6 Å². The number of carbonyl (C=O) groups is 3. The van der Waals surface area contributed by atoms with Gasteiger partial charge in [-0.05, 0) is 42.0 Å². The maximum Gasteiger partial charge on any atom is 0.416 e. The second kappa shape index (κ2) is 9.05. The number of rotatable bonds is 5. The van der Waals surface area contributed by atoms with Crippen molar-refractivity contribution in [3.05, 3.63) is 70.8 Å². The zero-order valence-electron chi connectivity index (χ0n) is 15.4. The molecule has 0 atom stereocenters. The van der Waals surface area contributed by atoms with Crippen molar-refractivity contribution < 1.29 is 37.0 Å². The van der Waals surface area contributed by atoms with Crippen LogP contribution in [0.25, 0.3) is 6.08 Å². The topological polar surface area (TPSA) is 81.7 Å². The van der Waals surface area contributed by atoms with E-state index in [1.807, 2.05) is 0 Å². The summed E-state index contributed by atoms with van der Waals surface area (Å²) in [5.41, 5.74) is -0.637. The van der Waals surface area contributed by atoms with Gasteiger partial charge in [-0.15, -0.1) is 0 Å². The van der Waals surface area contributed by atoms with E-state index in [0.29, 0.717) is 0 Å². The van der Waals surface area contributed by atoms with Crippen LogP contribution in [0.15, 0.2) is 48.5 Å². The van der Waals surface area contributed by atoms with E-state index < -0.39 is 29.6 Å². The van der Waals surface area contributed by atoms with Gasteiger partial charge in [0.25, 0.3) is 0 Å². The first-order valence-corrected chi connectivity index (χ1v) is 8.12. The molecule has 9 heteroatoms. The largest absolute Gasteiger partial charge is 0.465 e. The third-order valence-electron chi connectivity index (χ3n) is 3.74. The first-order valence-electron chi connectivity index (χ1n) is 8.12. The van der Waals surface area contributed by atoms with Gasteiger partial charge in [-0.3, -0.25) is 4.79 Å². The second-order valence-electron chi connectivity index (χ2n) is 5.69. The van der Waals surface area contributed by atoms with Crippen LogP contribution in [0.1, 0.15) is 31.8 Å². The van der Waals surface area contributed by atoms with Gasteiger partial charge in [0.15, 0.2) is 0 Å². The van der Waals surface area contributed by atoms with Crippen molar-refractivity contribution in [2.45, 2.75) is 6.18 Å². The van der Waals surface area contributed by atoms with Crippen molar-refractivity contribution in [2.24, 2.45) is 0 Å². The van der Waals surface area contributed by atoms with Gasteiger partial charge < -0.3 is 14.8 Å². The number of hydrogen-bond acceptors (Lipinski definition) is 5. The Balaban J connectivity index is 2.26. The number of anilines is 1. The first kappa shape index (κ1) is 21.7. The van der Waals surface area contributed by atoms with Crippen LogP contribution in [0, 0.1) is 0 Å². The molecular formula is C20H16F3NO5. The smallest absolute Gasteiger partial charge is 0.416 e. The summed E-state index contributed by atoms with van der Waals surface area (Å²) >= 11 is 0. The standard InChI is InChI=1S/C20H16F3NO5/c1-28-18(26)13-7-8-15(19(27)29-2)16(11-13)24-17(25)9-6-12-4-3-5-14(10-12)20(21,22)23/h3-11H,1-2H3,(H,24,25)/b9-6+. The monoisotopic (exact) mass is 407 g/mol. The van der Waals surface area contributed by atoms with Crippen molar-refractivity contribution in [3.63, 3.8) is 0 Å². The number of esters is 2. The molecule has 0 heterocycles. The van der Waals surface area contributed by atoms with Crippen molar-refractivity contribution in [1.29, 1.82) is 0 Å². The Hall–Kier alpha value is -3.62. The molecule has 0 unspecified atom stereocenters. The molecule has 1 amide bonds. The van der Waals surface area contributed by atoms with Gasteiger partial charge in [0.2, 0.25) is 5.91 Å². The van der Waals surface area contributed by atoms with Gasteiger partial charge in [-0.2, -0.15) is 13.2 Å². The average molecular weight is 407 g/mol. The SMILES string of the molecule is COC(=O)c1ccc(C(=O)OC)c(NC(=O)/C=C/c2cccc(C(F)(F)F)c2)c1. The highest BCUT2D eigenvalue weighted by Gasteiger charge is 2.30. The molecule has 0 aliphatic rings. The number of benzene rings is 2. The molecule has 2 aromatic carbocycles. The fourth-order valence-corrected chi connectivity index (χ4v) is 2.35. The van der Waals surface area contributed by atoms with Crippen LogP contribution in [-0.4, -0.2) is 32.1 Å². The summed E-state index contributed by atoms with van der Waals surface area (Å²) in [5, 5.41) is 2.40. The average Bonchev–Trinajstić information content (AvgIpc) is 2.70. The van der Waals surface area contributed by atoms with E-state index in [4.69, 9.17) is 0 Å². The Bertz CT molecular complexity index is 967. The van der Waals surface area contributed by atoms with Crippen molar-refractivity contribution in [1.82, 2.24) is 0 Å². The normalized spacial score (nSPS) is 11.2. The number of alkyl halides is 3. The van der Waals surface area contributed by atoms with E-state index in [-0.39, 0.29) is 22.4 Å². The number of halogens is 3. The highest BCUT2D eigenvalue weighted by atomic mass is 19.4. The molecule has 0 radical (unpaired) electrons. The molecule has 0 aromatic heterocycles. The molecule has 152 valence electrons. The summed E-state index contributed by atoms with van der Waals surface area (Å²) in [4.78, 5) is 35.7. The fraction of sp³-hybridized carbons (Fsp3) is 0.150. The Morgan fingerprint density at radius 2 is 1.66 bits per heavy atom. The molecule has 0 saturated heterocycles. The molecule has 0 spiro atoms. The van der Waals surface area contributed by atoms with Gasteiger partial charge in [-0.25, -0.2) is 9.59 Å². The molecule has 0 saturated carbocycles. The van der Waals surface area contributed by atoms with E-state index in [1.54, 1.807) is 0 Å². The van der Waals surface area contributed by atoms with Crippen molar-refractivity contribution in [2.75, 3.05) is 19.5 Å². The summed E-state index contributed by atoms with van der Waals surface area (Å²) in [7, 11) is 2.32. The Morgan fingerprint density at radius 3 is 2.28 bits per heavy atom. The van der Waals surface area contributed by atoms with E-state index in [2.05, 4.69) is 14.8 Å². The summed E-state index contributed by atoms with van der Waals surface area (Å²) in [6.45, 7) is 0. The highest BCUT2D eigenvalue weighted by molar-refractivity contribution is 6.07. The number of carbonyl (C=O) groups excluding carboxylic acids is 3. The van der Waals surface area contributed by atoms with Crippen LogP contribution in [0.3, 0.4) is 0 Å². The Morgan fingerprint density at radius 1 is 0.966 bits per heavy atom. The molecule has 6 nitrogen and oxygen atoms in total. The van der Waals surface area contributed by atoms with Gasteiger partial charge in [0, 0.05) is 6.08 Å². The highest BCUT2D eigenvalue weighted by Crippen LogP contribution is 2.29. The second-order valence-corrected chi connectivity index (χ2v) is 5.69. The van der Waals surface area contributed by atoms with Crippen LogP contribution < -0.4 is 5.32 Å². The third-order valence-corrected chi connectivity index (χ3v) is 3.74. The van der Waals surface area contributed by atoms with E-state index >= 15 is 0 Å². The lowest BCUT2D eigenvalue weighted by molar-refractivity contribution is -0.137. The number of methoxy groups -OCH3 is 2. The summed E-state index contributed by atoms with van der Waals surface area (Å²) in [6, 6.07) is 8.26. The van der Waals surface area contributed by atoms with Gasteiger partial charge in [-0.1, -0.05) is 12.1 Å². The molecule has 2 rings (SSSR count). The zero-order chi connectivity index (χ0) is 21.6. The summed E-state index contributed by atoms with van der Waals surface area (Å²) in [5.74, 6) is -2.16. The molecule has 0 aliphatic heterocycles. The summed E-state index contributed by atoms with van der Waals surface area (Å²) < 4.78 is 47.5. The molecule has 1 N–H and O–H groups in total. The van der Waals surface area contributed by atoms with Crippen molar-refractivity contribution in [3.8, 4) is 0 Å². The minimum Gasteiger partial charge on any atom is -0.465 e. The minimum absolute atomic E-state index is 0.0130. The van der Waals surface area contributed by atoms with E-state index in [9.17, 15) is 27.6 Å². The predicted octanol–water partition coefficient (Wildman–Crippen LogP) is 3.93.